The van der Waals surface area contributed by atoms with Gasteiger partial charge < -0.3 is 24.2 Å². The van der Waals surface area contributed by atoms with Gasteiger partial charge in [0, 0.05) is 62.2 Å². The number of Topliss-reactive ketones (excluding diaryl/α,β-unsaturated/α-hetero) is 1. The first-order valence-electron chi connectivity index (χ1n) is 21.8. The van der Waals surface area contributed by atoms with Crippen LogP contribution in [0.3, 0.4) is 0 Å². The molecule has 2 saturated carbocycles. The van der Waals surface area contributed by atoms with E-state index in [4.69, 9.17) is 24.2 Å². The maximum Gasteiger partial charge on any atom is 0.319 e. The highest BCUT2D eigenvalue weighted by molar-refractivity contribution is 6.90. The Balaban J connectivity index is 1.40. The normalized spacial score (nSPS) is 19.1. The zero-order valence-corrected chi connectivity index (χ0v) is 38.9. The van der Waals surface area contributed by atoms with Crippen molar-refractivity contribution >= 4 is 49.4 Å². The molecule has 3 aliphatic rings. The maximum absolute atomic E-state index is 17.7. The number of ketones is 1. The summed E-state index contributed by atoms with van der Waals surface area (Å²) >= 11 is 0. The Morgan fingerprint density at radius 2 is 1.70 bits per heavy atom. The number of hydrogen-bond donors (Lipinski definition) is 1. The van der Waals surface area contributed by atoms with E-state index in [1.807, 2.05) is 11.0 Å². The van der Waals surface area contributed by atoms with Crippen molar-refractivity contribution in [3.8, 4) is 34.5 Å². The van der Waals surface area contributed by atoms with Crippen molar-refractivity contribution in [1.82, 2.24) is 15.0 Å². The van der Waals surface area contributed by atoms with Gasteiger partial charge in [-0.1, -0.05) is 73.2 Å². The molecule has 60 heavy (non-hydrogen) atoms. The van der Waals surface area contributed by atoms with E-state index < -0.39 is 33.2 Å². The third-order valence-electron chi connectivity index (χ3n) is 13.6. The van der Waals surface area contributed by atoms with E-state index in [9.17, 15) is 9.90 Å². The molecule has 7 rings (SSSR count). The van der Waals surface area contributed by atoms with Crippen LogP contribution in [0.1, 0.15) is 85.6 Å². The van der Waals surface area contributed by atoms with Crippen LogP contribution in [0, 0.1) is 33.9 Å². The molecule has 2 aromatic heterocycles. The number of aromatic nitrogens is 3. The fraction of sp³-hybridized carbons (Fsp3) is 0.574. The topological polar surface area (TPSA) is 107 Å². The fourth-order valence-corrected chi connectivity index (χ4v) is 15.5. The summed E-state index contributed by atoms with van der Waals surface area (Å²) in [6, 6.07) is 7.56. The molecule has 4 aromatic rings. The molecule has 9 nitrogen and oxygen atoms in total. The van der Waals surface area contributed by atoms with Gasteiger partial charge in [0.25, 0.3) is 0 Å². The summed E-state index contributed by atoms with van der Waals surface area (Å²) in [6.07, 6.45) is 6.19. The van der Waals surface area contributed by atoms with Crippen LogP contribution in [-0.4, -0.2) is 81.7 Å². The van der Waals surface area contributed by atoms with Gasteiger partial charge in [-0.25, -0.2) is 8.78 Å². The Morgan fingerprint density at radius 3 is 2.32 bits per heavy atom. The van der Waals surface area contributed by atoms with Gasteiger partial charge >= 0.3 is 6.01 Å². The number of fused-ring (bicyclic) bond motifs is 2. The van der Waals surface area contributed by atoms with Crippen molar-refractivity contribution < 1.29 is 32.9 Å². The van der Waals surface area contributed by atoms with E-state index >= 15 is 8.78 Å². The molecule has 1 N–H and O–H groups in total. The lowest BCUT2D eigenvalue weighted by Gasteiger charge is -2.47. The number of carbonyl (C=O) groups excluding carboxylic acids is 1. The van der Waals surface area contributed by atoms with Crippen LogP contribution < -0.4 is 14.4 Å². The van der Waals surface area contributed by atoms with Crippen molar-refractivity contribution in [1.29, 1.82) is 0 Å². The van der Waals surface area contributed by atoms with Crippen LogP contribution in [0.4, 0.5) is 14.6 Å². The van der Waals surface area contributed by atoms with Gasteiger partial charge in [-0.05, 0) is 78.4 Å². The number of rotatable bonds is 15. The molecule has 1 aliphatic heterocycles. The molecule has 1 atom stereocenters. The third kappa shape index (κ3) is 8.59. The maximum atomic E-state index is 17.7. The summed E-state index contributed by atoms with van der Waals surface area (Å²) in [5.74, 6) is 3.26. The van der Waals surface area contributed by atoms with Gasteiger partial charge in [0.05, 0.1) is 24.2 Å². The summed E-state index contributed by atoms with van der Waals surface area (Å²) < 4.78 is 52.2. The molecule has 2 aromatic carbocycles. The van der Waals surface area contributed by atoms with Gasteiger partial charge in [-0.3, -0.25) is 9.78 Å². The van der Waals surface area contributed by atoms with Crippen LogP contribution in [0.15, 0.2) is 30.5 Å². The first-order valence-corrected chi connectivity index (χ1v) is 27.7. The zero-order valence-electron chi connectivity index (χ0n) is 36.9. The van der Waals surface area contributed by atoms with Crippen molar-refractivity contribution in [2.24, 2.45) is 10.8 Å². The molecule has 1 saturated heterocycles. The molecule has 13 heteroatoms. The summed E-state index contributed by atoms with van der Waals surface area (Å²) in [4.78, 5) is 29.2. The second kappa shape index (κ2) is 17.1. The highest BCUT2D eigenvalue weighted by Crippen LogP contribution is 2.48. The van der Waals surface area contributed by atoms with E-state index in [1.54, 1.807) is 18.3 Å². The minimum atomic E-state index is -2.31. The lowest BCUT2D eigenvalue weighted by Crippen LogP contribution is -2.53. The van der Waals surface area contributed by atoms with Gasteiger partial charge in [0.2, 0.25) is 0 Å². The Labute approximate surface area is 356 Å². The number of ether oxygens (including phenoxy) is 3. The highest BCUT2D eigenvalue weighted by Gasteiger charge is 2.49. The second-order valence-corrected chi connectivity index (χ2v) is 31.0. The molecular weight excluding hydrogens is 795 g/mol. The number of aliphatic hydroxyl groups excluding tert-OH is 1. The van der Waals surface area contributed by atoms with Crippen LogP contribution in [0.25, 0.3) is 32.9 Å². The van der Waals surface area contributed by atoms with E-state index in [0.29, 0.717) is 76.0 Å². The predicted molar refractivity (Wildman–Crippen MR) is 240 cm³/mol. The summed E-state index contributed by atoms with van der Waals surface area (Å²) in [7, 11) is -3.63. The van der Waals surface area contributed by atoms with Crippen LogP contribution in [0.2, 0.25) is 42.3 Å². The van der Waals surface area contributed by atoms with Crippen LogP contribution in [-0.2, 0) is 9.53 Å². The van der Waals surface area contributed by atoms with Gasteiger partial charge in [0.15, 0.2) is 12.6 Å². The molecule has 1 spiro atoms. The molecule has 2 aliphatic carbocycles. The fourth-order valence-electron chi connectivity index (χ4n) is 9.54. The lowest BCUT2D eigenvalue weighted by molar-refractivity contribution is -0.138. The minimum Gasteiger partial charge on any atom is -0.468 e. The van der Waals surface area contributed by atoms with Crippen LogP contribution >= 0.6 is 0 Å². The zero-order chi connectivity index (χ0) is 43.2. The van der Waals surface area contributed by atoms with Crippen LogP contribution in [0.5, 0.6) is 11.8 Å². The third-order valence-corrected chi connectivity index (χ3v) is 21.6. The summed E-state index contributed by atoms with van der Waals surface area (Å²) in [6.45, 7) is 22.0. The van der Waals surface area contributed by atoms with Crippen molar-refractivity contribution in [3.63, 3.8) is 0 Å². The Morgan fingerprint density at radius 1 is 0.967 bits per heavy atom. The number of benzene rings is 2. The summed E-state index contributed by atoms with van der Waals surface area (Å²) in [5.41, 5.74) is 4.30. The van der Waals surface area contributed by atoms with Crippen molar-refractivity contribution in [3.05, 3.63) is 47.7 Å². The molecule has 0 amide bonds. The first kappa shape index (κ1) is 44.1. The Kier molecular flexibility index (Phi) is 12.5. The van der Waals surface area contributed by atoms with E-state index in [2.05, 4.69) is 77.6 Å². The monoisotopic (exact) mass is 856 g/mol. The van der Waals surface area contributed by atoms with Gasteiger partial charge in [0.1, 0.15) is 42.5 Å². The first-order chi connectivity index (χ1) is 28.4. The number of hydrogen-bond acceptors (Lipinski definition) is 9. The molecule has 3 heterocycles. The average molecular weight is 857 g/mol. The molecule has 0 bridgehead atoms. The largest absolute Gasteiger partial charge is 0.468 e. The molecule has 0 unspecified atom stereocenters. The molecule has 0 radical (unpaired) electrons. The summed E-state index contributed by atoms with van der Waals surface area (Å²) in [5, 5.41) is 11.5. The Bertz CT molecular complexity index is 2310. The Hall–Kier alpha value is -3.97. The minimum absolute atomic E-state index is 0.00237. The van der Waals surface area contributed by atoms with Gasteiger partial charge in [-0.15, -0.1) is 5.54 Å². The van der Waals surface area contributed by atoms with E-state index in [-0.39, 0.29) is 54.0 Å². The SMILES string of the molecule is CC(C)[Si](C#Cc1c(F)ccc2cc(OCOCC[Si](C)(C)C)cc(-c3ncc4c(N5CCC[C@]6(CCC6=O)C5)nc(OCC5(CO)CC5)nc4c3F)c12)(C(C)C)C(C)C. The van der Waals surface area contributed by atoms with Crippen molar-refractivity contribution in [2.75, 3.05) is 44.6 Å². The van der Waals surface area contributed by atoms with Gasteiger partial charge in [-0.2, -0.15) is 9.97 Å². The van der Waals surface area contributed by atoms with Crippen molar-refractivity contribution in [2.45, 2.75) is 122 Å². The number of anilines is 1. The number of carbonyl (C=O) groups is 1. The smallest absolute Gasteiger partial charge is 0.319 e. The standard InChI is InChI=1S/C47H62F2N4O5Si2/c1-30(2)60(31(3)4,32(5)6)21-14-35-38(48)12-11-33-23-34(58-29-56-20-22-59(7,8)9)24-36(40(33)35)42-41(49)43-37(25-50-42)44(52-45(51-43)57-28-46(27-54)17-18-46)53-19-10-15-47(26-53)16-13-39(47)55/h11-12,23-25,30-32,54H,10,13,15-20,22,26-29H2,1-9H3/t47-/m0/s1. The highest BCUT2D eigenvalue weighted by atomic mass is 28.3. The predicted octanol–water partition coefficient (Wildman–Crippen LogP) is 10.5. The van der Waals surface area contributed by atoms with E-state index in [1.165, 1.54) is 6.07 Å². The number of pyridine rings is 1. The molecule has 322 valence electrons. The second-order valence-electron chi connectivity index (χ2n) is 19.8. The number of aliphatic hydroxyl groups is 1. The number of nitrogens with zero attached hydrogens (tertiary/aromatic N) is 4. The van der Waals surface area contributed by atoms with E-state index in [0.717, 1.165) is 38.1 Å². The lowest BCUT2D eigenvalue weighted by atomic mass is 9.63. The number of piperidine rings is 1. The molecular formula is C47H62F2N4O5Si2. The molecule has 3 fully saturated rings. The average Bonchev–Trinajstić information content (AvgIpc) is 3.99. The number of halogens is 2. The quantitative estimate of drug-likeness (QED) is 0.0541.